The van der Waals surface area contributed by atoms with E-state index in [1.54, 1.807) is 16.2 Å². The second-order valence-electron chi connectivity index (χ2n) is 7.47. The number of benzene rings is 1. The van der Waals surface area contributed by atoms with Gasteiger partial charge in [0, 0.05) is 30.3 Å². The second-order valence-corrected chi connectivity index (χ2v) is 8.42. The van der Waals surface area contributed by atoms with Gasteiger partial charge in [-0.2, -0.15) is 0 Å². The largest absolute Gasteiger partial charge is 0.361 e. The minimum Gasteiger partial charge on any atom is -0.361 e. The molecule has 6 heteroatoms. The zero-order valence-corrected chi connectivity index (χ0v) is 17.6. The number of likely N-dealkylation sites (N-methyl/N-ethyl adjacent to an activating group) is 1. The van der Waals surface area contributed by atoms with E-state index < -0.39 is 5.60 Å². The zero-order valence-electron chi connectivity index (χ0n) is 16.7. The molecule has 1 aliphatic rings. The molecule has 0 radical (unpaired) electrons. The first-order valence-corrected chi connectivity index (χ1v) is 10.7. The minimum atomic E-state index is -1.05. The highest BCUT2D eigenvalue weighted by atomic mass is 32.1. The summed E-state index contributed by atoms with van der Waals surface area (Å²) in [5.41, 5.74) is 1.13. The predicted octanol–water partition coefficient (Wildman–Crippen LogP) is 3.35. The predicted molar refractivity (Wildman–Crippen MR) is 112 cm³/mol. The third-order valence-electron chi connectivity index (χ3n) is 4.99. The van der Waals surface area contributed by atoms with Gasteiger partial charge in [0.25, 0.3) is 5.91 Å². The Labute approximate surface area is 170 Å². The van der Waals surface area contributed by atoms with Gasteiger partial charge in [-0.05, 0) is 29.5 Å². The van der Waals surface area contributed by atoms with Crippen LogP contribution in [0.2, 0.25) is 0 Å². The number of hydrogen-bond acceptors (Lipinski definition) is 4. The van der Waals surface area contributed by atoms with E-state index in [-0.39, 0.29) is 24.3 Å². The van der Waals surface area contributed by atoms with Crippen molar-refractivity contribution in [2.75, 3.05) is 26.2 Å². The molecule has 5 nitrogen and oxygen atoms in total. The van der Waals surface area contributed by atoms with Gasteiger partial charge in [-0.15, -0.1) is 11.3 Å². The molecule has 1 atom stereocenters. The average molecular weight is 401 g/mol. The third-order valence-corrected chi connectivity index (χ3v) is 5.91. The number of amides is 2. The van der Waals surface area contributed by atoms with E-state index in [9.17, 15) is 9.59 Å². The number of morpholine rings is 1. The smallest absolute Gasteiger partial charge is 0.254 e. The fourth-order valence-electron chi connectivity index (χ4n) is 3.54. The fraction of sp³-hybridized carbons (Fsp3) is 0.455. The maximum Gasteiger partial charge on any atom is 0.254 e. The lowest BCUT2D eigenvalue weighted by atomic mass is 9.90. The quantitative estimate of drug-likeness (QED) is 0.809. The normalized spacial score (nSPS) is 19.6. The first kappa shape index (κ1) is 20.6. The lowest BCUT2D eigenvalue weighted by Crippen LogP contribution is -2.62. The van der Waals surface area contributed by atoms with Crippen molar-refractivity contribution >= 4 is 23.2 Å². The van der Waals surface area contributed by atoms with Crippen LogP contribution in [0.15, 0.2) is 41.8 Å². The van der Waals surface area contributed by atoms with Crippen LogP contribution in [0.1, 0.15) is 26.3 Å². The summed E-state index contributed by atoms with van der Waals surface area (Å²) in [6.45, 7) is 7.35. The summed E-state index contributed by atoms with van der Waals surface area (Å²) in [6, 6.07) is 12.4. The van der Waals surface area contributed by atoms with Crippen LogP contribution in [0.25, 0.3) is 10.4 Å². The highest BCUT2D eigenvalue weighted by Gasteiger charge is 2.45. The summed E-state index contributed by atoms with van der Waals surface area (Å²) < 4.78 is 6.04. The van der Waals surface area contributed by atoms with Crippen LogP contribution in [0.5, 0.6) is 0 Å². The standard InChI is InChI=1S/C22H28N2O3S/c1-4-23-21(26)22(15-24(11-12-27-22)20(25)16(2)3)14-17-7-9-18(10-8-17)19-6-5-13-28-19/h5-10,13,16H,4,11-12,14-15H2,1-3H3,(H,23,26)/t22-/m0/s1. The van der Waals surface area contributed by atoms with Crippen molar-refractivity contribution in [2.24, 2.45) is 5.92 Å². The highest BCUT2D eigenvalue weighted by Crippen LogP contribution is 2.28. The van der Waals surface area contributed by atoms with Crippen molar-refractivity contribution in [2.45, 2.75) is 32.8 Å². The van der Waals surface area contributed by atoms with Crippen LogP contribution in [0, 0.1) is 5.92 Å². The van der Waals surface area contributed by atoms with E-state index in [4.69, 9.17) is 4.74 Å². The lowest BCUT2D eigenvalue weighted by molar-refractivity contribution is -0.167. The molecule has 150 valence electrons. The van der Waals surface area contributed by atoms with Crippen LogP contribution in [-0.2, 0) is 20.7 Å². The van der Waals surface area contributed by atoms with E-state index in [2.05, 4.69) is 28.9 Å². The molecule has 2 heterocycles. The molecule has 1 fully saturated rings. The van der Waals surface area contributed by atoms with E-state index in [1.165, 1.54) is 4.88 Å². The summed E-state index contributed by atoms with van der Waals surface area (Å²) >= 11 is 1.70. The molecule has 28 heavy (non-hydrogen) atoms. The molecule has 0 saturated carbocycles. The Morgan fingerprint density at radius 1 is 1.25 bits per heavy atom. The van der Waals surface area contributed by atoms with Crippen molar-refractivity contribution in [1.29, 1.82) is 0 Å². The Bertz CT molecular complexity index is 802. The number of carbonyl (C=O) groups is 2. The Morgan fingerprint density at radius 2 is 2.00 bits per heavy atom. The summed E-state index contributed by atoms with van der Waals surface area (Å²) in [6.07, 6.45) is 0.436. The highest BCUT2D eigenvalue weighted by molar-refractivity contribution is 7.13. The van der Waals surface area contributed by atoms with Gasteiger partial charge >= 0.3 is 0 Å². The Hall–Kier alpha value is -2.18. The monoisotopic (exact) mass is 400 g/mol. The van der Waals surface area contributed by atoms with Crippen LogP contribution in [0.3, 0.4) is 0 Å². The van der Waals surface area contributed by atoms with Crippen LogP contribution >= 0.6 is 11.3 Å². The molecule has 1 N–H and O–H groups in total. The number of thiophene rings is 1. The minimum absolute atomic E-state index is 0.0602. The van der Waals surface area contributed by atoms with Gasteiger partial charge in [-0.3, -0.25) is 9.59 Å². The lowest BCUT2D eigenvalue weighted by Gasteiger charge is -2.42. The van der Waals surface area contributed by atoms with Crippen molar-refractivity contribution in [1.82, 2.24) is 10.2 Å². The van der Waals surface area contributed by atoms with Gasteiger partial charge in [0.2, 0.25) is 5.91 Å². The van der Waals surface area contributed by atoms with Gasteiger partial charge in [0.15, 0.2) is 5.60 Å². The zero-order chi connectivity index (χ0) is 20.1. The Morgan fingerprint density at radius 3 is 2.61 bits per heavy atom. The van der Waals surface area contributed by atoms with Gasteiger partial charge in [0.1, 0.15) is 0 Å². The van der Waals surface area contributed by atoms with Crippen LogP contribution in [0.4, 0.5) is 0 Å². The van der Waals surface area contributed by atoms with Crippen LogP contribution in [-0.4, -0.2) is 48.6 Å². The number of nitrogens with one attached hydrogen (secondary N) is 1. The molecule has 0 spiro atoms. The third kappa shape index (κ3) is 4.45. The number of nitrogens with zero attached hydrogens (tertiary/aromatic N) is 1. The van der Waals surface area contributed by atoms with E-state index in [1.807, 2.05) is 39.0 Å². The Balaban J connectivity index is 1.83. The number of hydrogen-bond donors (Lipinski definition) is 1. The number of carbonyl (C=O) groups excluding carboxylic acids is 2. The SMILES string of the molecule is CCNC(=O)[C@]1(Cc2ccc(-c3cccs3)cc2)CN(C(=O)C(C)C)CCO1. The molecule has 3 rings (SSSR count). The molecule has 2 aromatic rings. The van der Waals surface area contributed by atoms with E-state index >= 15 is 0 Å². The van der Waals surface area contributed by atoms with Crippen molar-refractivity contribution in [3.8, 4) is 10.4 Å². The summed E-state index contributed by atoms with van der Waals surface area (Å²) in [5, 5.41) is 4.96. The second kappa shape index (κ2) is 8.88. The number of rotatable bonds is 6. The molecule has 2 amide bonds. The average Bonchev–Trinajstić information content (AvgIpc) is 3.23. The summed E-state index contributed by atoms with van der Waals surface area (Å²) in [5.74, 6) is -0.196. The molecular weight excluding hydrogens is 372 g/mol. The van der Waals surface area contributed by atoms with E-state index in [0.717, 1.165) is 11.1 Å². The maximum atomic E-state index is 12.9. The first-order chi connectivity index (χ1) is 13.4. The molecule has 1 aliphatic heterocycles. The summed E-state index contributed by atoms with van der Waals surface area (Å²) in [7, 11) is 0. The topological polar surface area (TPSA) is 58.6 Å². The first-order valence-electron chi connectivity index (χ1n) is 9.79. The Kier molecular flexibility index (Phi) is 6.52. The maximum absolute atomic E-state index is 12.9. The fourth-order valence-corrected chi connectivity index (χ4v) is 4.28. The molecule has 1 saturated heterocycles. The molecule has 1 aromatic heterocycles. The summed E-state index contributed by atoms with van der Waals surface area (Å²) in [4.78, 5) is 28.5. The van der Waals surface area contributed by atoms with Crippen molar-refractivity contribution < 1.29 is 14.3 Å². The van der Waals surface area contributed by atoms with Gasteiger partial charge in [-0.1, -0.05) is 44.2 Å². The number of ether oxygens (including phenoxy) is 1. The molecule has 0 unspecified atom stereocenters. The molecule has 0 aliphatic carbocycles. The molecule has 0 bridgehead atoms. The van der Waals surface area contributed by atoms with Crippen molar-refractivity contribution in [3.05, 3.63) is 47.3 Å². The van der Waals surface area contributed by atoms with Gasteiger partial charge < -0.3 is 15.0 Å². The molecular formula is C22H28N2O3S. The van der Waals surface area contributed by atoms with Crippen LogP contribution < -0.4 is 5.32 Å². The molecule has 1 aromatic carbocycles. The van der Waals surface area contributed by atoms with E-state index in [0.29, 0.717) is 26.1 Å². The van der Waals surface area contributed by atoms with Gasteiger partial charge in [0.05, 0.1) is 13.2 Å². The van der Waals surface area contributed by atoms with Gasteiger partial charge in [-0.25, -0.2) is 0 Å². The van der Waals surface area contributed by atoms with Crippen molar-refractivity contribution in [3.63, 3.8) is 0 Å².